The van der Waals surface area contributed by atoms with Crippen LogP contribution in [-0.2, 0) is 20.6 Å². The van der Waals surface area contributed by atoms with Crippen molar-refractivity contribution in [1.82, 2.24) is 14.3 Å². The summed E-state index contributed by atoms with van der Waals surface area (Å²) in [7, 11) is 2.96. The summed E-state index contributed by atoms with van der Waals surface area (Å²) in [6, 6.07) is 2.08. The van der Waals surface area contributed by atoms with E-state index in [-0.39, 0.29) is 5.82 Å². The molecular formula is C12H16N4O2S. The first-order valence-corrected chi connectivity index (χ1v) is 6.66. The average Bonchev–Trinajstić information content (AvgIpc) is 2.69. The summed E-state index contributed by atoms with van der Waals surface area (Å²) in [6.45, 7) is 4.64. The van der Waals surface area contributed by atoms with Crippen LogP contribution in [0, 0.1) is 13.8 Å². The van der Waals surface area contributed by atoms with Gasteiger partial charge in [-0.05, 0) is 25.5 Å². The Morgan fingerprint density at radius 2 is 2.00 bits per heavy atom. The molecule has 19 heavy (non-hydrogen) atoms. The number of hydrogen-bond acceptors (Lipinski definition) is 5. The minimum atomic E-state index is -0.432. The third-order valence-corrected chi connectivity index (χ3v) is 4.12. The Bertz CT molecular complexity index is 707. The van der Waals surface area contributed by atoms with Gasteiger partial charge in [0.2, 0.25) is 5.82 Å². The van der Waals surface area contributed by atoms with E-state index in [4.69, 9.17) is 0 Å². The highest BCUT2D eigenvalue weighted by molar-refractivity contribution is 7.12. The van der Waals surface area contributed by atoms with Gasteiger partial charge in [-0.3, -0.25) is 9.36 Å². The predicted octanol–water partition coefficient (Wildman–Crippen LogP) is 0.769. The van der Waals surface area contributed by atoms with Gasteiger partial charge in [0, 0.05) is 23.8 Å². The van der Waals surface area contributed by atoms with Crippen LogP contribution in [0.5, 0.6) is 0 Å². The first kappa shape index (κ1) is 13.5. The van der Waals surface area contributed by atoms with Crippen LogP contribution >= 0.6 is 11.3 Å². The average molecular weight is 280 g/mol. The molecule has 0 aliphatic rings. The third kappa shape index (κ3) is 2.60. The molecule has 0 fully saturated rings. The van der Waals surface area contributed by atoms with E-state index in [1.165, 1.54) is 24.5 Å². The molecule has 7 heteroatoms. The fourth-order valence-electron chi connectivity index (χ4n) is 1.72. The maximum atomic E-state index is 11.9. The molecule has 0 saturated carbocycles. The number of nitrogens with zero attached hydrogens (tertiary/aromatic N) is 3. The van der Waals surface area contributed by atoms with Crippen LogP contribution in [0.3, 0.4) is 0 Å². The van der Waals surface area contributed by atoms with Crippen molar-refractivity contribution >= 4 is 17.2 Å². The van der Waals surface area contributed by atoms with Gasteiger partial charge in [-0.1, -0.05) is 0 Å². The van der Waals surface area contributed by atoms with E-state index in [2.05, 4.69) is 30.3 Å². The molecule has 2 aromatic rings. The number of anilines is 1. The van der Waals surface area contributed by atoms with Crippen LogP contribution in [0.25, 0.3) is 0 Å². The SMILES string of the molecule is Cc1cc(CNc2nn(C)c(=O)n(C)c2=O)sc1C. The van der Waals surface area contributed by atoms with Crippen LogP contribution in [0.15, 0.2) is 15.7 Å². The van der Waals surface area contributed by atoms with Crippen LogP contribution in [-0.4, -0.2) is 14.3 Å². The molecule has 0 radical (unpaired) electrons. The largest absolute Gasteiger partial charge is 0.359 e. The molecule has 0 bridgehead atoms. The van der Waals surface area contributed by atoms with Gasteiger partial charge in [0.15, 0.2) is 0 Å². The number of rotatable bonds is 3. The van der Waals surface area contributed by atoms with Crippen molar-refractivity contribution in [3.8, 4) is 0 Å². The summed E-state index contributed by atoms with van der Waals surface area (Å²) in [5.41, 5.74) is 0.398. The molecule has 2 heterocycles. The van der Waals surface area contributed by atoms with Crippen molar-refractivity contribution in [2.24, 2.45) is 14.1 Å². The molecule has 0 amide bonds. The van der Waals surface area contributed by atoms with E-state index in [9.17, 15) is 9.59 Å². The standard InChI is InChI=1S/C12H16N4O2S/c1-7-5-9(19-8(7)2)6-13-10-11(17)15(3)12(18)16(4)14-10/h5H,6H2,1-4H3,(H,13,14). The molecule has 0 aliphatic carbocycles. The van der Waals surface area contributed by atoms with Crippen LogP contribution in [0.4, 0.5) is 5.82 Å². The summed E-state index contributed by atoms with van der Waals surface area (Å²) in [4.78, 5) is 25.8. The number of aromatic nitrogens is 3. The minimum absolute atomic E-state index is 0.188. The van der Waals surface area contributed by atoms with Gasteiger partial charge in [-0.2, -0.15) is 0 Å². The smallest absolute Gasteiger partial charge is 0.346 e. The predicted molar refractivity (Wildman–Crippen MR) is 75.8 cm³/mol. The molecule has 0 aromatic carbocycles. The van der Waals surface area contributed by atoms with Crippen molar-refractivity contribution in [2.45, 2.75) is 20.4 Å². The van der Waals surface area contributed by atoms with Crippen LogP contribution in [0.2, 0.25) is 0 Å². The highest BCUT2D eigenvalue weighted by Crippen LogP contribution is 2.20. The second-order valence-corrected chi connectivity index (χ2v) is 5.77. The third-order valence-electron chi connectivity index (χ3n) is 2.97. The highest BCUT2D eigenvalue weighted by Gasteiger charge is 2.09. The second-order valence-electron chi connectivity index (χ2n) is 4.42. The Labute approximate surface area is 114 Å². The normalized spacial score (nSPS) is 10.7. The summed E-state index contributed by atoms with van der Waals surface area (Å²) in [5, 5.41) is 6.93. The Morgan fingerprint density at radius 3 is 2.58 bits per heavy atom. The maximum absolute atomic E-state index is 11.9. The van der Waals surface area contributed by atoms with E-state index in [0.717, 1.165) is 14.1 Å². The van der Waals surface area contributed by atoms with Gasteiger partial charge in [-0.25, -0.2) is 9.48 Å². The molecule has 0 unspecified atom stereocenters. The quantitative estimate of drug-likeness (QED) is 0.901. The first-order chi connectivity index (χ1) is 8.90. The highest BCUT2D eigenvalue weighted by atomic mass is 32.1. The molecule has 2 rings (SSSR count). The molecular weight excluding hydrogens is 264 g/mol. The Hall–Kier alpha value is -1.89. The maximum Gasteiger partial charge on any atom is 0.346 e. The number of hydrogen-bond donors (Lipinski definition) is 1. The zero-order valence-corrected chi connectivity index (χ0v) is 12.2. The first-order valence-electron chi connectivity index (χ1n) is 5.84. The van der Waals surface area contributed by atoms with Crippen molar-refractivity contribution in [1.29, 1.82) is 0 Å². The molecule has 1 N–H and O–H groups in total. The van der Waals surface area contributed by atoms with Gasteiger partial charge in [0.05, 0.1) is 6.54 Å². The zero-order valence-electron chi connectivity index (χ0n) is 11.4. The van der Waals surface area contributed by atoms with Crippen molar-refractivity contribution in [3.63, 3.8) is 0 Å². The summed E-state index contributed by atoms with van der Waals surface area (Å²) in [6.07, 6.45) is 0. The van der Waals surface area contributed by atoms with Gasteiger partial charge in [-0.15, -0.1) is 16.4 Å². The number of nitrogens with one attached hydrogen (secondary N) is 1. The Morgan fingerprint density at radius 1 is 1.32 bits per heavy atom. The van der Waals surface area contributed by atoms with Crippen LogP contribution < -0.4 is 16.6 Å². The molecule has 6 nitrogen and oxygen atoms in total. The summed E-state index contributed by atoms with van der Waals surface area (Å²) in [5.74, 6) is 0.188. The summed E-state index contributed by atoms with van der Waals surface area (Å²) < 4.78 is 2.19. The van der Waals surface area contributed by atoms with Gasteiger partial charge < -0.3 is 5.32 Å². The van der Waals surface area contributed by atoms with Gasteiger partial charge in [0.25, 0.3) is 5.56 Å². The fraction of sp³-hybridized carbons (Fsp3) is 0.417. The van der Waals surface area contributed by atoms with Crippen molar-refractivity contribution in [3.05, 3.63) is 42.2 Å². The lowest BCUT2D eigenvalue weighted by atomic mass is 10.3. The van der Waals surface area contributed by atoms with Crippen molar-refractivity contribution < 1.29 is 0 Å². The van der Waals surface area contributed by atoms with E-state index in [1.807, 2.05) is 0 Å². The Balaban J connectivity index is 2.25. The van der Waals surface area contributed by atoms with Crippen molar-refractivity contribution in [2.75, 3.05) is 5.32 Å². The Kier molecular flexibility index (Phi) is 3.57. The van der Waals surface area contributed by atoms with Gasteiger partial charge in [0.1, 0.15) is 0 Å². The second kappa shape index (κ2) is 5.00. The molecule has 0 spiro atoms. The van der Waals surface area contributed by atoms with E-state index < -0.39 is 11.2 Å². The van der Waals surface area contributed by atoms with Crippen LogP contribution in [0.1, 0.15) is 15.3 Å². The zero-order chi connectivity index (χ0) is 14.2. The topological polar surface area (TPSA) is 68.9 Å². The minimum Gasteiger partial charge on any atom is -0.359 e. The van der Waals surface area contributed by atoms with E-state index >= 15 is 0 Å². The van der Waals surface area contributed by atoms with Gasteiger partial charge >= 0.3 is 5.69 Å². The monoisotopic (exact) mass is 280 g/mol. The lowest BCUT2D eigenvalue weighted by molar-refractivity contribution is 0.604. The molecule has 0 aliphatic heterocycles. The molecule has 102 valence electrons. The molecule has 2 aromatic heterocycles. The summed E-state index contributed by atoms with van der Waals surface area (Å²) >= 11 is 1.68. The lowest BCUT2D eigenvalue weighted by Gasteiger charge is -2.06. The number of thiophene rings is 1. The lowest BCUT2D eigenvalue weighted by Crippen LogP contribution is -2.39. The molecule has 0 atom stereocenters. The fourth-order valence-corrected chi connectivity index (χ4v) is 2.71. The van der Waals surface area contributed by atoms with E-state index in [0.29, 0.717) is 6.54 Å². The van der Waals surface area contributed by atoms with E-state index in [1.54, 1.807) is 11.3 Å². The number of aryl methyl sites for hydroxylation is 3. The molecule has 0 saturated heterocycles.